The normalized spacial score (nSPS) is 17.6. The summed E-state index contributed by atoms with van der Waals surface area (Å²) in [6.45, 7) is 9.10. The fourth-order valence-corrected chi connectivity index (χ4v) is 3.00. The molecule has 118 valence electrons. The van der Waals surface area contributed by atoms with Gasteiger partial charge in [0, 0.05) is 11.9 Å². The van der Waals surface area contributed by atoms with Crippen molar-refractivity contribution in [3.8, 4) is 0 Å². The number of hydrogen-bond acceptors (Lipinski definition) is 3. The lowest BCUT2D eigenvalue weighted by Crippen LogP contribution is -2.42. The van der Waals surface area contributed by atoms with E-state index in [9.17, 15) is 4.79 Å². The molecule has 1 saturated heterocycles. The van der Waals surface area contributed by atoms with E-state index in [1.54, 1.807) is 0 Å². The summed E-state index contributed by atoms with van der Waals surface area (Å²) in [5.41, 5.74) is 3.35. The predicted octanol–water partition coefficient (Wildman–Crippen LogP) is 3.17. The molecule has 0 aliphatic carbocycles. The van der Waals surface area contributed by atoms with Crippen molar-refractivity contribution >= 4 is 16.9 Å². The van der Waals surface area contributed by atoms with E-state index in [0.29, 0.717) is 12.3 Å². The molecular formula is C18H24N2O2. The molecule has 1 aliphatic rings. The van der Waals surface area contributed by atoms with Crippen LogP contribution in [-0.4, -0.2) is 25.5 Å². The molecule has 0 spiro atoms. The van der Waals surface area contributed by atoms with Crippen molar-refractivity contribution in [3.05, 3.63) is 35.1 Å². The molecule has 4 nitrogen and oxygen atoms in total. The van der Waals surface area contributed by atoms with Gasteiger partial charge in [0.2, 0.25) is 0 Å². The number of carbonyl (C=O) groups excluding carboxylic acids is 1. The highest BCUT2D eigenvalue weighted by atomic mass is 16.3. The van der Waals surface area contributed by atoms with Crippen LogP contribution in [0.15, 0.2) is 22.6 Å². The Kier molecular flexibility index (Phi) is 3.96. The largest absolute Gasteiger partial charge is 0.451 e. The number of amides is 1. The van der Waals surface area contributed by atoms with Crippen LogP contribution in [0.25, 0.3) is 11.0 Å². The predicted molar refractivity (Wildman–Crippen MR) is 88.2 cm³/mol. The molecule has 2 aromatic rings. The van der Waals surface area contributed by atoms with Crippen molar-refractivity contribution in [3.63, 3.8) is 0 Å². The minimum atomic E-state index is -0.119. The average Bonchev–Trinajstić information content (AvgIpc) is 2.89. The lowest BCUT2D eigenvalue weighted by molar-refractivity contribution is 0.0896. The second-order valence-electron chi connectivity index (χ2n) is 6.83. The molecule has 3 rings (SSSR count). The highest BCUT2D eigenvalue weighted by Gasteiger charge is 2.27. The lowest BCUT2D eigenvalue weighted by Gasteiger charge is -2.33. The standard InChI is InChI=1S/C18H24N2O2/c1-12-8-14-10-16(22-15(14)9-13(12)2)17(21)20-11-18(3)4-6-19-7-5-18/h8-10,19H,4-7,11H2,1-3H3,(H,20,21). The van der Waals surface area contributed by atoms with Gasteiger partial charge < -0.3 is 15.1 Å². The SMILES string of the molecule is Cc1cc2cc(C(=O)NCC3(C)CCNCC3)oc2cc1C. The first kappa shape index (κ1) is 15.1. The van der Waals surface area contributed by atoms with Gasteiger partial charge in [0.15, 0.2) is 5.76 Å². The summed E-state index contributed by atoms with van der Waals surface area (Å²) in [5.74, 6) is 0.281. The van der Waals surface area contributed by atoms with Gasteiger partial charge in [0.25, 0.3) is 5.91 Å². The molecule has 0 unspecified atom stereocenters. The van der Waals surface area contributed by atoms with Crippen LogP contribution in [0.1, 0.15) is 41.4 Å². The van der Waals surface area contributed by atoms with Crippen LogP contribution in [0.5, 0.6) is 0 Å². The van der Waals surface area contributed by atoms with Crippen LogP contribution in [0.4, 0.5) is 0 Å². The second kappa shape index (κ2) is 5.76. The van der Waals surface area contributed by atoms with Crippen molar-refractivity contribution < 1.29 is 9.21 Å². The minimum Gasteiger partial charge on any atom is -0.451 e. The van der Waals surface area contributed by atoms with Crippen molar-refractivity contribution in [1.82, 2.24) is 10.6 Å². The topological polar surface area (TPSA) is 54.3 Å². The van der Waals surface area contributed by atoms with Gasteiger partial charge in [-0.3, -0.25) is 4.79 Å². The summed E-state index contributed by atoms with van der Waals surface area (Å²) < 4.78 is 5.71. The molecule has 2 heterocycles. The van der Waals surface area contributed by atoms with Gasteiger partial charge in [-0.2, -0.15) is 0 Å². The van der Waals surface area contributed by atoms with Crippen LogP contribution in [0.2, 0.25) is 0 Å². The summed E-state index contributed by atoms with van der Waals surface area (Å²) in [4.78, 5) is 12.3. The molecule has 22 heavy (non-hydrogen) atoms. The third-order valence-corrected chi connectivity index (χ3v) is 4.84. The Bertz CT molecular complexity index is 657. The first-order valence-electron chi connectivity index (χ1n) is 7.97. The number of aryl methyl sites for hydroxylation is 2. The Morgan fingerprint density at radius 1 is 1.23 bits per heavy atom. The third kappa shape index (κ3) is 3.02. The quantitative estimate of drug-likeness (QED) is 0.915. The lowest BCUT2D eigenvalue weighted by atomic mass is 9.81. The van der Waals surface area contributed by atoms with Gasteiger partial charge in [-0.25, -0.2) is 0 Å². The Balaban J connectivity index is 1.72. The first-order chi connectivity index (χ1) is 10.5. The fraction of sp³-hybridized carbons (Fsp3) is 0.500. The van der Waals surface area contributed by atoms with Crippen molar-refractivity contribution in [2.45, 2.75) is 33.6 Å². The molecule has 0 bridgehead atoms. The maximum Gasteiger partial charge on any atom is 0.287 e. The Morgan fingerprint density at radius 2 is 1.91 bits per heavy atom. The molecular weight excluding hydrogens is 276 g/mol. The molecule has 0 radical (unpaired) electrons. The van der Waals surface area contributed by atoms with Gasteiger partial charge in [-0.1, -0.05) is 6.92 Å². The Morgan fingerprint density at radius 3 is 2.64 bits per heavy atom. The van der Waals surface area contributed by atoms with E-state index in [0.717, 1.165) is 36.9 Å². The number of benzene rings is 1. The zero-order valence-electron chi connectivity index (χ0n) is 13.6. The van der Waals surface area contributed by atoms with Gasteiger partial charge in [-0.15, -0.1) is 0 Å². The number of carbonyl (C=O) groups is 1. The van der Waals surface area contributed by atoms with E-state index >= 15 is 0 Å². The molecule has 2 N–H and O–H groups in total. The van der Waals surface area contributed by atoms with Gasteiger partial charge in [0.05, 0.1) is 0 Å². The number of nitrogens with one attached hydrogen (secondary N) is 2. The maximum absolute atomic E-state index is 12.3. The highest BCUT2D eigenvalue weighted by Crippen LogP contribution is 2.27. The molecule has 1 aliphatic heterocycles. The second-order valence-corrected chi connectivity index (χ2v) is 6.83. The van der Waals surface area contributed by atoms with Crippen molar-refractivity contribution in [1.29, 1.82) is 0 Å². The van der Waals surface area contributed by atoms with Gasteiger partial charge in [0.1, 0.15) is 5.58 Å². The molecule has 4 heteroatoms. The summed E-state index contributed by atoms with van der Waals surface area (Å²) in [6, 6.07) is 5.90. The monoisotopic (exact) mass is 300 g/mol. The maximum atomic E-state index is 12.3. The average molecular weight is 300 g/mol. The number of piperidine rings is 1. The number of fused-ring (bicyclic) bond motifs is 1. The van der Waals surface area contributed by atoms with Crippen LogP contribution in [0, 0.1) is 19.3 Å². The van der Waals surface area contributed by atoms with Crippen molar-refractivity contribution in [2.75, 3.05) is 19.6 Å². The van der Waals surface area contributed by atoms with Gasteiger partial charge >= 0.3 is 0 Å². The molecule has 1 aromatic carbocycles. The van der Waals surface area contributed by atoms with Gasteiger partial charge in [-0.05, 0) is 74.5 Å². The highest BCUT2D eigenvalue weighted by molar-refractivity contribution is 5.96. The Labute approximate surface area is 131 Å². The smallest absolute Gasteiger partial charge is 0.287 e. The van der Waals surface area contributed by atoms with Crippen LogP contribution in [0.3, 0.4) is 0 Å². The molecule has 0 atom stereocenters. The van der Waals surface area contributed by atoms with Crippen LogP contribution < -0.4 is 10.6 Å². The number of furan rings is 1. The minimum absolute atomic E-state index is 0.119. The van der Waals surface area contributed by atoms with Crippen LogP contribution in [-0.2, 0) is 0 Å². The molecule has 1 amide bonds. The number of rotatable bonds is 3. The fourth-order valence-electron chi connectivity index (χ4n) is 3.00. The first-order valence-corrected chi connectivity index (χ1v) is 7.97. The van der Waals surface area contributed by atoms with E-state index in [2.05, 4.69) is 37.5 Å². The molecule has 1 fully saturated rings. The van der Waals surface area contributed by atoms with Crippen molar-refractivity contribution in [2.24, 2.45) is 5.41 Å². The van der Waals surface area contributed by atoms with E-state index in [1.165, 1.54) is 11.1 Å². The summed E-state index contributed by atoms with van der Waals surface area (Å²) >= 11 is 0. The van der Waals surface area contributed by atoms with E-state index in [1.807, 2.05) is 12.1 Å². The van der Waals surface area contributed by atoms with Crippen LogP contribution >= 0.6 is 0 Å². The molecule has 1 aromatic heterocycles. The zero-order valence-corrected chi connectivity index (χ0v) is 13.6. The van der Waals surface area contributed by atoms with E-state index in [-0.39, 0.29) is 11.3 Å². The summed E-state index contributed by atoms with van der Waals surface area (Å²) in [5, 5.41) is 7.38. The van der Waals surface area contributed by atoms with E-state index in [4.69, 9.17) is 4.42 Å². The third-order valence-electron chi connectivity index (χ3n) is 4.84. The zero-order chi connectivity index (χ0) is 15.7. The number of hydrogen-bond donors (Lipinski definition) is 2. The molecule has 0 saturated carbocycles. The van der Waals surface area contributed by atoms with E-state index < -0.39 is 0 Å². The summed E-state index contributed by atoms with van der Waals surface area (Å²) in [7, 11) is 0. The summed E-state index contributed by atoms with van der Waals surface area (Å²) in [6.07, 6.45) is 2.18. The Hall–Kier alpha value is -1.81.